The van der Waals surface area contributed by atoms with Crippen LogP contribution in [0.5, 0.6) is 0 Å². The van der Waals surface area contributed by atoms with Crippen LogP contribution in [0.25, 0.3) is 0 Å². The second kappa shape index (κ2) is 8.69. The second-order valence-electron chi connectivity index (χ2n) is 5.05. The van der Waals surface area contributed by atoms with E-state index >= 15 is 0 Å². The predicted octanol–water partition coefficient (Wildman–Crippen LogP) is 2.79. The fraction of sp³-hybridized carbons (Fsp3) is 1.00. The van der Waals surface area contributed by atoms with E-state index in [1.165, 1.54) is 31.7 Å². The van der Waals surface area contributed by atoms with Gasteiger partial charge in [0, 0.05) is 0 Å². The molecule has 0 aliphatic carbocycles. The second-order valence-corrected chi connectivity index (χ2v) is 13.9. The summed E-state index contributed by atoms with van der Waals surface area (Å²) in [6.07, 6.45) is 5.41. The lowest BCUT2D eigenvalue weighted by molar-refractivity contribution is 0.459. The third kappa shape index (κ3) is 10.8. The average molecular weight is 265 g/mol. The van der Waals surface area contributed by atoms with Gasteiger partial charge >= 0.3 is 0 Å². The molecule has 5 heteroatoms. The van der Waals surface area contributed by atoms with Gasteiger partial charge < -0.3 is 8.23 Å². The molecular formula is C10H28O2Si3. The summed E-state index contributed by atoms with van der Waals surface area (Å²) in [5, 5.41) is 0. The first-order valence-electron chi connectivity index (χ1n) is 6.23. The Morgan fingerprint density at radius 3 is 2.33 bits per heavy atom. The van der Waals surface area contributed by atoms with Crippen LogP contribution in [0.4, 0.5) is 0 Å². The molecular weight excluding hydrogens is 236 g/mol. The van der Waals surface area contributed by atoms with Gasteiger partial charge in [0.2, 0.25) is 0 Å². The molecule has 0 unspecified atom stereocenters. The van der Waals surface area contributed by atoms with Gasteiger partial charge in [0.25, 0.3) is 10.0 Å². The number of hydrogen-bond donors (Lipinski definition) is 0. The Balaban J connectivity index is 3.48. The molecule has 0 aliphatic heterocycles. The Bertz CT molecular complexity index is 152. The van der Waals surface area contributed by atoms with E-state index in [1.54, 1.807) is 0 Å². The van der Waals surface area contributed by atoms with Gasteiger partial charge in [-0.15, -0.1) is 0 Å². The largest absolute Gasteiger partial charge is 0.444 e. The van der Waals surface area contributed by atoms with Gasteiger partial charge in [0.15, 0.2) is 17.4 Å². The van der Waals surface area contributed by atoms with Crippen LogP contribution in [0.15, 0.2) is 0 Å². The first kappa shape index (κ1) is 15.6. The maximum atomic E-state index is 6.01. The van der Waals surface area contributed by atoms with Crippen LogP contribution in [-0.2, 0) is 8.23 Å². The molecule has 0 radical (unpaired) electrons. The van der Waals surface area contributed by atoms with Crippen molar-refractivity contribution in [3.05, 3.63) is 0 Å². The highest BCUT2D eigenvalue weighted by Crippen LogP contribution is 2.16. The van der Waals surface area contributed by atoms with E-state index in [4.69, 9.17) is 8.23 Å². The van der Waals surface area contributed by atoms with E-state index in [0.717, 1.165) is 0 Å². The molecule has 0 aromatic carbocycles. The summed E-state index contributed by atoms with van der Waals surface area (Å²) in [5.74, 6) is 0. The molecule has 0 amide bonds. The highest BCUT2D eigenvalue weighted by molar-refractivity contribution is 6.75. The first-order valence-corrected chi connectivity index (χ1v) is 13.3. The van der Waals surface area contributed by atoms with Crippen LogP contribution in [0.1, 0.15) is 32.6 Å². The van der Waals surface area contributed by atoms with Crippen LogP contribution in [-0.4, -0.2) is 27.4 Å². The topological polar surface area (TPSA) is 18.5 Å². The zero-order chi connectivity index (χ0) is 11.7. The molecule has 0 atom stereocenters. The monoisotopic (exact) mass is 264 g/mol. The summed E-state index contributed by atoms with van der Waals surface area (Å²) in [4.78, 5) is 0. The minimum Gasteiger partial charge on any atom is -0.444 e. The van der Waals surface area contributed by atoms with E-state index < -0.39 is 27.4 Å². The maximum Gasteiger partial charge on any atom is 0.283 e. The Morgan fingerprint density at radius 2 is 1.80 bits per heavy atom. The van der Waals surface area contributed by atoms with E-state index in [9.17, 15) is 0 Å². The van der Waals surface area contributed by atoms with Crippen molar-refractivity contribution >= 4 is 27.4 Å². The molecule has 0 fully saturated rings. The van der Waals surface area contributed by atoms with Crippen molar-refractivity contribution in [3.63, 3.8) is 0 Å². The van der Waals surface area contributed by atoms with Gasteiger partial charge in [0.1, 0.15) is 0 Å². The molecule has 0 aromatic heterocycles. The maximum absolute atomic E-state index is 6.01. The van der Waals surface area contributed by atoms with Gasteiger partial charge in [-0.1, -0.05) is 32.6 Å². The van der Waals surface area contributed by atoms with Gasteiger partial charge in [-0.05, 0) is 32.2 Å². The molecule has 92 valence electrons. The van der Waals surface area contributed by atoms with Crippen molar-refractivity contribution < 1.29 is 8.23 Å². The Labute approximate surface area is 101 Å². The van der Waals surface area contributed by atoms with Crippen LogP contribution in [0, 0.1) is 0 Å². The Kier molecular flexibility index (Phi) is 9.02. The third-order valence-electron chi connectivity index (χ3n) is 2.48. The van der Waals surface area contributed by atoms with E-state index in [2.05, 4.69) is 33.1 Å². The molecule has 0 N–H and O–H groups in total. The van der Waals surface area contributed by atoms with E-state index in [0.29, 0.717) is 0 Å². The number of unbranched alkanes of at least 4 members (excludes halogenated alkanes) is 3. The summed E-state index contributed by atoms with van der Waals surface area (Å²) >= 11 is 0. The van der Waals surface area contributed by atoms with Gasteiger partial charge in [-0.25, -0.2) is 0 Å². The summed E-state index contributed by atoms with van der Waals surface area (Å²) in [5.41, 5.74) is 0. The van der Waals surface area contributed by atoms with Crippen LogP contribution >= 0.6 is 0 Å². The molecule has 0 aliphatic rings. The normalized spacial score (nSPS) is 13.2. The quantitative estimate of drug-likeness (QED) is 0.471. The molecule has 0 saturated heterocycles. The Hall–Kier alpha value is 0.571. The van der Waals surface area contributed by atoms with Crippen molar-refractivity contribution in [2.45, 2.75) is 64.8 Å². The fourth-order valence-corrected chi connectivity index (χ4v) is 6.31. The first-order chi connectivity index (χ1) is 6.98. The fourth-order valence-electron chi connectivity index (χ4n) is 1.38. The summed E-state index contributed by atoms with van der Waals surface area (Å²) < 4.78 is 11.7. The lowest BCUT2D eigenvalue weighted by Crippen LogP contribution is -2.33. The standard InChI is InChI=1S/C10H28O2Si3/c1-6-7-8-9-10-15(4,5)12-13-11-14(2)3/h14H,6-10,13H2,1-5H3. The lowest BCUT2D eigenvalue weighted by Gasteiger charge is -2.23. The molecule has 0 bridgehead atoms. The third-order valence-corrected chi connectivity index (χ3v) is 10.8. The minimum atomic E-state index is -1.36. The SMILES string of the molecule is CCCCCC[Si](C)(C)O[SiH2]O[SiH](C)C. The highest BCUT2D eigenvalue weighted by Gasteiger charge is 2.21. The summed E-state index contributed by atoms with van der Waals surface area (Å²) in [7, 11) is -2.86. The minimum absolute atomic E-state index is 0.656. The summed E-state index contributed by atoms with van der Waals surface area (Å²) in [6.45, 7) is 11.3. The van der Waals surface area contributed by atoms with Crippen LogP contribution in [0.3, 0.4) is 0 Å². The smallest absolute Gasteiger partial charge is 0.283 e. The molecule has 0 rings (SSSR count). The molecule has 0 aromatic rings. The zero-order valence-corrected chi connectivity index (χ0v) is 14.7. The van der Waals surface area contributed by atoms with Gasteiger partial charge in [0.05, 0.1) is 0 Å². The zero-order valence-electron chi connectivity index (χ0n) is 11.1. The Morgan fingerprint density at radius 1 is 1.13 bits per heavy atom. The van der Waals surface area contributed by atoms with Crippen LogP contribution in [0.2, 0.25) is 32.2 Å². The van der Waals surface area contributed by atoms with Gasteiger partial charge in [-0.2, -0.15) is 0 Å². The average Bonchev–Trinajstić information content (AvgIpc) is 2.11. The predicted molar refractivity (Wildman–Crippen MR) is 76.0 cm³/mol. The molecule has 0 spiro atoms. The van der Waals surface area contributed by atoms with Crippen molar-refractivity contribution in [2.24, 2.45) is 0 Å². The van der Waals surface area contributed by atoms with Crippen LogP contribution < -0.4 is 0 Å². The van der Waals surface area contributed by atoms with E-state index in [1.807, 2.05) is 0 Å². The number of hydrogen-bond acceptors (Lipinski definition) is 2. The molecule has 2 nitrogen and oxygen atoms in total. The van der Waals surface area contributed by atoms with Crippen molar-refractivity contribution in [1.82, 2.24) is 0 Å². The molecule has 15 heavy (non-hydrogen) atoms. The van der Waals surface area contributed by atoms with Crippen molar-refractivity contribution in [1.29, 1.82) is 0 Å². The molecule has 0 saturated carbocycles. The number of rotatable bonds is 9. The summed E-state index contributed by atoms with van der Waals surface area (Å²) in [6, 6.07) is 1.31. The van der Waals surface area contributed by atoms with Crippen molar-refractivity contribution in [2.75, 3.05) is 0 Å². The van der Waals surface area contributed by atoms with E-state index in [-0.39, 0.29) is 0 Å². The lowest BCUT2D eigenvalue weighted by atomic mass is 10.2. The molecule has 0 heterocycles. The van der Waals surface area contributed by atoms with Crippen molar-refractivity contribution in [3.8, 4) is 0 Å². The van der Waals surface area contributed by atoms with Gasteiger partial charge in [-0.3, -0.25) is 0 Å². The highest BCUT2D eigenvalue weighted by atomic mass is 28.4.